The third kappa shape index (κ3) is 4.62. The molecule has 1 saturated heterocycles. The van der Waals surface area contributed by atoms with Gasteiger partial charge in [0.1, 0.15) is 6.04 Å². The number of anilines is 3. The number of amides is 1. The summed E-state index contributed by atoms with van der Waals surface area (Å²) in [6, 6.07) is 16.5. The predicted octanol–water partition coefficient (Wildman–Crippen LogP) is 3.18. The van der Waals surface area contributed by atoms with Gasteiger partial charge in [0.15, 0.2) is 0 Å². The molecule has 1 aliphatic heterocycles. The van der Waals surface area contributed by atoms with Crippen molar-refractivity contribution in [3.05, 3.63) is 54.6 Å². The van der Waals surface area contributed by atoms with E-state index in [0.717, 1.165) is 30.5 Å². The van der Waals surface area contributed by atoms with E-state index in [9.17, 15) is 13.2 Å². The van der Waals surface area contributed by atoms with Crippen molar-refractivity contribution >= 4 is 33.0 Å². The van der Waals surface area contributed by atoms with Crippen LogP contribution in [0.4, 0.5) is 17.1 Å². The van der Waals surface area contributed by atoms with Crippen molar-refractivity contribution in [3.63, 3.8) is 0 Å². The Morgan fingerprint density at radius 1 is 0.962 bits per heavy atom. The number of rotatable bonds is 5. The third-order valence-corrected chi connectivity index (χ3v) is 5.69. The number of carbonyl (C=O) groups excluding carboxylic acids is 1. The van der Waals surface area contributed by atoms with Gasteiger partial charge in [0.25, 0.3) is 0 Å². The molecule has 2 aromatic rings. The van der Waals surface area contributed by atoms with Crippen LogP contribution < -0.4 is 10.6 Å². The highest BCUT2D eigenvalue weighted by molar-refractivity contribution is 7.88. The summed E-state index contributed by atoms with van der Waals surface area (Å²) in [5.41, 5.74) is 2.53. The fourth-order valence-electron chi connectivity index (χ4n) is 3.11. The van der Waals surface area contributed by atoms with Crippen LogP contribution in [0.5, 0.6) is 0 Å². The van der Waals surface area contributed by atoms with Crippen LogP contribution in [0, 0.1) is 0 Å². The first-order valence-corrected chi connectivity index (χ1v) is 10.5. The van der Waals surface area contributed by atoms with E-state index in [-0.39, 0.29) is 5.91 Å². The summed E-state index contributed by atoms with van der Waals surface area (Å²) < 4.78 is 25.1. The van der Waals surface area contributed by atoms with Crippen molar-refractivity contribution in [1.82, 2.24) is 4.31 Å². The van der Waals surface area contributed by atoms with Crippen molar-refractivity contribution in [3.8, 4) is 0 Å². The molecule has 0 bridgehead atoms. The number of benzene rings is 2. The van der Waals surface area contributed by atoms with Crippen LogP contribution in [0.3, 0.4) is 0 Å². The van der Waals surface area contributed by atoms with Gasteiger partial charge in [-0.05, 0) is 49.2 Å². The van der Waals surface area contributed by atoms with Gasteiger partial charge in [-0.2, -0.15) is 4.31 Å². The number of piperidine rings is 1. The first-order chi connectivity index (χ1) is 12.4. The van der Waals surface area contributed by atoms with Crippen molar-refractivity contribution in [2.24, 2.45) is 0 Å². The van der Waals surface area contributed by atoms with Crippen LogP contribution in [0.25, 0.3) is 0 Å². The van der Waals surface area contributed by atoms with Gasteiger partial charge < -0.3 is 10.6 Å². The largest absolute Gasteiger partial charge is 0.356 e. The van der Waals surface area contributed by atoms with E-state index >= 15 is 0 Å². The lowest BCUT2D eigenvalue weighted by Gasteiger charge is -2.32. The average molecular weight is 373 g/mol. The summed E-state index contributed by atoms with van der Waals surface area (Å²) in [6.45, 7) is 0.400. The molecule has 1 atom stereocenters. The van der Waals surface area contributed by atoms with Crippen LogP contribution in [-0.4, -0.2) is 37.5 Å². The molecule has 0 radical (unpaired) electrons. The van der Waals surface area contributed by atoms with E-state index < -0.39 is 16.1 Å². The number of nitrogens with one attached hydrogen (secondary N) is 2. The summed E-state index contributed by atoms with van der Waals surface area (Å²) in [5, 5.41) is 6.11. The van der Waals surface area contributed by atoms with Crippen molar-refractivity contribution < 1.29 is 13.2 Å². The highest BCUT2D eigenvalue weighted by Gasteiger charge is 2.34. The highest BCUT2D eigenvalue weighted by Crippen LogP contribution is 2.23. The molecule has 7 heteroatoms. The summed E-state index contributed by atoms with van der Waals surface area (Å²) in [7, 11) is -3.39. The maximum absolute atomic E-state index is 12.6. The lowest BCUT2D eigenvalue weighted by Crippen LogP contribution is -2.49. The zero-order valence-corrected chi connectivity index (χ0v) is 15.5. The number of nitrogens with zero attached hydrogens (tertiary/aromatic N) is 1. The molecule has 6 nitrogen and oxygen atoms in total. The Morgan fingerprint density at radius 2 is 1.58 bits per heavy atom. The SMILES string of the molecule is CS(=O)(=O)N1CCCCC1C(=O)Nc1ccc(Nc2ccccc2)cc1. The Morgan fingerprint density at radius 3 is 2.23 bits per heavy atom. The van der Waals surface area contributed by atoms with Gasteiger partial charge in [-0.25, -0.2) is 8.42 Å². The molecule has 1 unspecified atom stereocenters. The second-order valence-corrected chi connectivity index (χ2v) is 8.38. The van der Waals surface area contributed by atoms with Gasteiger partial charge in [-0.3, -0.25) is 4.79 Å². The molecule has 1 aliphatic rings. The Bertz CT molecular complexity index is 851. The summed E-state index contributed by atoms with van der Waals surface area (Å²) in [5.74, 6) is -0.279. The molecule has 1 fully saturated rings. The first-order valence-electron chi connectivity index (χ1n) is 8.63. The molecule has 2 N–H and O–H groups in total. The minimum atomic E-state index is -3.39. The van der Waals surface area contributed by atoms with E-state index in [4.69, 9.17) is 0 Å². The molecule has 2 aromatic carbocycles. The topological polar surface area (TPSA) is 78.5 Å². The number of hydrogen-bond acceptors (Lipinski definition) is 4. The van der Waals surface area contributed by atoms with E-state index in [1.54, 1.807) is 12.1 Å². The maximum atomic E-state index is 12.6. The van der Waals surface area contributed by atoms with E-state index in [0.29, 0.717) is 18.7 Å². The predicted molar refractivity (Wildman–Crippen MR) is 104 cm³/mol. The second-order valence-electron chi connectivity index (χ2n) is 6.44. The monoisotopic (exact) mass is 373 g/mol. The molecule has 0 aliphatic carbocycles. The molecule has 0 aromatic heterocycles. The fourth-order valence-corrected chi connectivity index (χ4v) is 4.24. The Labute approximate surface area is 154 Å². The summed E-state index contributed by atoms with van der Waals surface area (Å²) >= 11 is 0. The molecule has 138 valence electrons. The van der Waals surface area contributed by atoms with Gasteiger partial charge in [-0.15, -0.1) is 0 Å². The van der Waals surface area contributed by atoms with Crippen LogP contribution in [-0.2, 0) is 14.8 Å². The molecule has 1 amide bonds. The minimum absolute atomic E-state index is 0.279. The minimum Gasteiger partial charge on any atom is -0.356 e. The van der Waals surface area contributed by atoms with Gasteiger partial charge in [0.05, 0.1) is 6.26 Å². The van der Waals surface area contributed by atoms with Gasteiger partial charge in [-0.1, -0.05) is 24.6 Å². The first kappa shape index (κ1) is 18.4. The molecule has 3 rings (SSSR count). The van der Waals surface area contributed by atoms with Crippen molar-refractivity contribution in [2.75, 3.05) is 23.4 Å². The number of hydrogen-bond donors (Lipinski definition) is 2. The summed E-state index contributed by atoms with van der Waals surface area (Å²) in [4.78, 5) is 12.6. The van der Waals surface area contributed by atoms with Crippen LogP contribution in [0.2, 0.25) is 0 Å². The van der Waals surface area contributed by atoms with Crippen LogP contribution in [0.15, 0.2) is 54.6 Å². The van der Waals surface area contributed by atoms with E-state index in [1.165, 1.54) is 4.31 Å². The molecule has 1 heterocycles. The van der Waals surface area contributed by atoms with Gasteiger partial charge in [0, 0.05) is 23.6 Å². The average Bonchev–Trinajstić information content (AvgIpc) is 2.63. The third-order valence-electron chi connectivity index (χ3n) is 4.40. The van der Waals surface area contributed by atoms with E-state index in [2.05, 4.69) is 10.6 Å². The maximum Gasteiger partial charge on any atom is 0.242 e. The smallest absolute Gasteiger partial charge is 0.242 e. The lowest BCUT2D eigenvalue weighted by atomic mass is 10.0. The standard InChI is InChI=1S/C19H23N3O3S/c1-26(24,25)22-14-6-5-9-18(22)19(23)21-17-12-10-16(11-13-17)20-15-7-3-2-4-8-15/h2-4,7-8,10-13,18,20H,5-6,9,14H2,1H3,(H,21,23). The quantitative estimate of drug-likeness (QED) is 0.844. The molecular weight excluding hydrogens is 350 g/mol. The normalized spacial score (nSPS) is 18.3. The molecule has 0 saturated carbocycles. The zero-order chi connectivity index (χ0) is 18.6. The van der Waals surface area contributed by atoms with Gasteiger partial charge >= 0.3 is 0 Å². The molecule has 0 spiro atoms. The molecular formula is C19H23N3O3S. The Hall–Kier alpha value is -2.38. The highest BCUT2D eigenvalue weighted by atomic mass is 32.2. The fraction of sp³-hybridized carbons (Fsp3) is 0.316. The lowest BCUT2D eigenvalue weighted by molar-refractivity contribution is -0.120. The number of para-hydroxylation sites is 1. The number of carbonyl (C=O) groups is 1. The second kappa shape index (κ2) is 7.88. The van der Waals surface area contributed by atoms with Crippen LogP contribution >= 0.6 is 0 Å². The van der Waals surface area contributed by atoms with Crippen molar-refractivity contribution in [1.29, 1.82) is 0 Å². The van der Waals surface area contributed by atoms with Crippen molar-refractivity contribution in [2.45, 2.75) is 25.3 Å². The molecule has 26 heavy (non-hydrogen) atoms. The van der Waals surface area contributed by atoms with E-state index in [1.807, 2.05) is 42.5 Å². The Kier molecular flexibility index (Phi) is 5.58. The van der Waals surface area contributed by atoms with Gasteiger partial charge in [0.2, 0.25) is 15.9 Å². The zero-order valence-electron chi connectivity index (χ0n) is 14.7. The van der Waals surface area contributed by atoms with Crippen LogP contribution in [0.1, 0.15) is 19.3 Å². The summed E-state index contributed by atoms with van der Waals surface area (Å²) in [6.07, 6.45) is 3.34. The Balaban J connectivity index is 1.65. The number of sulfonamides is 1.